The molecule has 5 heteroatoms. The molecule has 1 heterocycles. The Kier molecular flexibility index (Phi) is 5.83. The third-order valence-corrected chi connectivity index (χ3v) is 2.36. The Morgan fingerprint density at radius 3 is 3.06 bits per heavy atom. The largest absolute Gasteiger partial charge is 0.467 e. The first-order chi connectivity index (χ1) is 8.27. The maximum Gasteiger partial charge on any atom is 0.224 e. The van der Waals surface area contributed by atoms with E-state index in [1.807, 2.05) is 12.1 Å². The van der Waals surface area contributed by atoms with Gasteiger partial charge in [-0.25, -0.2) is 0 Å². The predicted octanol–water partition coefficient (Wildman–Crippen LogP) is 1.13. The van der Waals surface area contributed by atoms with Gasteiger partial charge >= 0.3 is 0 Å². The molecule has 1 N–H and O–H groups in total. The average molecular weight is 235 g/mol. The predicted molar refractivity (Wildman–Crippen MR) is 62.9 cm³/mol. The number of nitrogens with zero attached hydrogens (tertiary/aromatic N) is 2. The summed E-state index contributed by atoms with van der Waals surface area (Å²) in [5.74, 6) is 0.770. The van der Waals surface area contributed by atoms with E-state index in [4.69, 9.17) is 9.68 Å². The van der Waals surface area contributed by atoms with Crippen molar-refractivity contribution in [3.05, 3.63) is 24.2 Å². The highest BCUT2D eigenvalue weighted by molar-refractivity contribution is 5.76. The quantitative estimate of drug-likeness (QED) is 0.769. The van der Waals surface area contributed by atoms with Crippen molar-refractivity contribution in [3.8, 4) is 6.07 Å². The zero-order valence-corrected chi connectivity index (χ0v) is 9.98. The van der Waals surface area contributed by atoms with Gasteiger partial charge in [-0.1, -0.05) is 0 Å². The van der Waals surface area contributed by atoms with E-state index in [9.17, 15) is 4.79 Å². The molecule has 0 saturated carbocycles. The molecule has 5 nitrogen and oxygen atoms in total. The van der Waals surface area contributed by atoms with Gasteiger partial charge in [0.25, 0.3) is 0 Å². The van der Waals surface area contributed by atoms with Crippen LogP contribution in [-0.2, 0) is 11.3 Å². The number of nitriles is 1. The summed E-state index contributed by atoms with van der Waals surface area (Å²) >= 11 is 0. The van der Waals surface area contributed by atoms with Crippen LogP contribution in [0.2, 0.25) is 0 Å². The second kappa shape index (κ2) is 7.47. The summed E-state index contributed by atoms with van der Waals surface area (Å²) in [5.41, 5.74) is 0. The van der Waals surface area contributed by atoms with Gasteiger partial charge in [-0.2, -0.15) is 5.26 Å². The summed E-state index contributed by atoms with van der Waals surface area (Å²) in [6.45, 7) is 1.51. The Morgan fingerprint density at radius 1 is 1.65 bits per heavy atom. The summed E-state index contributed by atoms with van der Waals surface area (Å²) in [7, 11) is 1.80. The Balaban J connectivity index is 2.53. The van der Waals surface area contributed by atoms with Gasteiger partial charge in [-0.15, -0.1) is 0 Å². The smallest absolute Gasteiger partial charge is 0.224 e. The number of hydrogen-bond donors (Lipinski definition) is 1. The van der Waals surface area contributed by atoms with Crippen LogP contribution in [-0.4, -0.2) is 30.9 Å². The van der Waals surface area contributed by atoms with Crippen LogP contribution in [0, 0.1) is 11.3 Å². The third-order valence-electron chi connectivity index (χ3n) is 2.36. The highest BCUT2D eigenvalue weighted by atomic mass is 16.3. The molecule has 0 radical (unpaired) electrons. The molecule has 17 heavy (non-hydrogen) atoms. The normalized spacial score (nSPS) is 9.88. The molecule has 0 spiro atoms. The minimum atomic E-state index is 0.0333. The molecule has 1 rings (SSSR count). The lowest BCUT2D eigenvalue weighted by molar-refractivity contribution is -0.131. The average Bonchev–Trinajstić information content (AvgIpc) is 2.84. The van der Waals surface area contributed by atoms with Crippen molar-refractivity contribution in [2.45, 2.75) is 19.4 Å². The SMILES string of the molecule is CNCCC(=O)N(CCC#N)Cc1ccco1. The van der Waals surface area contributed by atoms with E-state index in [2.05, 4.69) is 5.32 Å². The van der Waals surface area contributed by atoms with Crippen molar-refractivity contribution in [3.63, 3.8) is 0 Å². The van der Waals surface area contributed by atoms with Crippen molar-refractivity contribution in [1.29, 1.82) is 5.26 Å². The monoisotopic (exact) mass is 235 g/mol. The Hall–Kier alpha value is -1.80. The van der Waals surface area contributed by atoms with Gasteiger partial charge in [-0.05, 0) is 19.2 Å². The molecule has 0 atom stereocenters. The summed E-state index contributed by atoms with van der Waals surface area (Å²) in [4.78, 5) is 13.5. The zero-order chi connectivity index (χ0) is 12.5. The topological polar surface area (TPSA) is 69.3 Å². The summed E-state index contributed by atoms with van der Waals surface area (Å²) in [6, 6.07) is 5.66. The van der Waals surface area contributed by atoms with Gasteiger partial charge in [-0.3, -0.25) is 4.79 Å². The summed E-state index contributed by atoms with van der Waals surface area (Å²) < 4.78 is 5.21. The number of hydrogen-bond acceptors (Lipinski definition) is 4. The summed E-state index contributed by atoms with van der Waals surface area (Å²) in [5, 5.41) is 11.5. The van der Waals surface area contributed by atoms with E-state index >= 15 is 0 Å². The number of carbonyl (C=O) groups is 1. The molecular weight excluding hydrogens is 218 g/mol. The van der Waals surface area contributed by atoms with Gasteiger partial charge in [0.05, 0.1) is 25.3 Å². The van der Waals surface area contributed by atoms with Crippen LogP contribution in [0.15, 0.2) is 22.8 Å². The lowest BCUT2D eigenvalue weighted by Crippen LogP contribution is -2.33. The Bertz CT molecular complexity index is 368. The van der Waals surface area contributed by atoms with Gasteiger partial charge in [0.1, 0.15) is 5.76 Å². The standard InChI is InChI=1S/C12H17N3O2/c1-14-7-5-12(16)15(8-3-6-13)10-11-4-2-9-17-11/h2,4,9,14H,3,5,7-8,10H2,1H3. The molecule has 0 aliphatic rings. The highest BCUT2D eigenvalue weighted by Gasteiger charge is 2.14. The molecule has 0 bridgehead atoms. The molecule has 0 aromatic carbocycles. The van der Waals surface area contributed by atoms with E-state index in [-0.39, 0.29) is 5.91 Å². The Morgan fingerprint density at radius 2 is 2.47 bits per heavy atom. The van der Waals surface area contributed by atoms with Gasteiger partial charge in [0.15, 0.2) is 0 Å². The minimum Gasteiger partial charge on any atom is -0.467 e. The van der Waals surface area contributed by atoms with Crippen molar-refractivity contribution >= 4 is 5.91 Å². The van der Waals surface area contributed by atoms with Crippen LogP contribution < -0.4 is 5.32 Å². The molecule has 0 saturated heterocycles. The van der Waals surface area contributed by atoms with Gasteiger partial charge in [0, 0.05) is 19.5 Å². The van der Waals surface area contributed by atoms with Crippen molar-refractivity contribution in [1.82, 2.24) is 10.2 Å². The first-order valence-electron chi connectivity index (χ1n) is 5.59. The van der Waals surface area contributed by atoms with E-state index in [1.54, 1.807) is 24.3 Å². The maximum absolute atomic E-state index is 11.9. The molecule has 0 aliphatic heterocycles. The first kappa shape index (κ1) is 13.3. The van der Waals surface area contributed by atoms with E-state index in [1.165, 1.54) is 0 Å². The van der Waals surface area contributed by atoms with Crippen molar-refractivity contribution in [2.24, 2.45) is 0 Å². The fourth-order valence-corrected chi connectivity index (χ4v) is 1.46. The molecule has 0 fully saturated rings. The molecule has 1 amide bonds. The van der Waals surface area contributed by atoms with Crippen LogP contribution in [0.25, 0.3) is 0 Å². The van der Waals surface area contributed by atoms with Gasteiger partial charge < -0.3 is 14.6 Å². The lowest BCUT2D eigenvalue weighted by Gasteiger charge is -2.20. The first-order valence-corrected chi connectivity index (χ1v) is 5.59. The summed E-state index contributed by atoms with van der Waals surface area (Å²) in [6.07, 6.45) is 2.35. The Labute approximate surface area is 101 Å². The fraction of sp³-hybridized carbons (Fsp3) is 0.500. The highest BCUT2D eigenvalue weighted by Crippen LogP contribution is 2.07. The fourth-order valence-electron chi connectivity index (χ4n) is 1.46. The third kappa shape index (κ3) is 4.70. The second-order valence-electron chi connectivity index (χ2n) is 3.66. The van der Waals surface area contributed by atoms with Crippen LogP contribution >= 0.6 is 0 Å². The van der Waals surface area contributed by atoms with Gasteiger partial charge in [0.2, 0.25) is 5.91 Å². The van der Waals surface area contributed by atoms with Crippen molar-refractivity contribution < 1.29 is 9.21 Å². The van der Waals surface area contributed by atoms with Crippen molar-refractivity contribution in [2.75, 3.05) is 20.1 Å². The minimum absolute atomic E-state index is 0.0333. The molecule has 1 aromatic rings. The van der Waals surface area contributed by atoms with E-state index in [0.29, 0.717) is 32.5 Å². The van der Waals surface area contributed by atoms with Crippen LogP contribution in [0.3, 0.4) is 0 Å². The maximum atomic E-state index is 11.9. The van der Waals surface area contributed by atoms with E-state index < -0.39 is 0 Å². The number of nitrogens with one attached hydrogen (secondary N) is 1. The number of furan rings is 1. The van der Waals surface area contributed by atoms with Crippen LogP contribution in [0.4, 0.5) is 0 Å². The second-order valence-corrected chi connectivity index (χ2v) is 3.66. The number of carbonyl (C=O) groups excluding carboxylic acids is 1. The molecule has 1 aromatic heterocycles. The zero-order valence-electron chi connectivity index (χ0n) is 9.98. The number of amides is 1. The molecule has 92 valence electrons. The molecule has 0 unspecified atom stereocenters. The molecular formula is C12H17N3O2. The lowest BCUT2D eigenvalue weighted by atomic mass is 10.3. The molecule has 0 aliphatic carbocycles. The number of rotatable bonds is 7. The van der Waals surface area contributed by atoms with E-state index in [0.717, 1.165) is 5.76 Å². The van der Waals surface area contributed by atoms with Crippen LogP contribution in [0.5, 0.6) is 0 Å². The van der Waals surface area contributed by atoms with Crippen LogP contribution in [0.1, 0.15) is 18.6 Å².